The first-order chi connectivity index (χ1) is 29.1. The third-order valence-electron chi connectivity index (χ3n) is 8.56. The smallest absolute Gasteiger partial charge is 0.339 e. The van der Waals surface area contributed by atoms with Gasteiger partial charge in [-0.2, -0.15) is 4.98 Å². The minimum Gasteiger partial charge on any atom is -0.480 e. The number of fused-ring (bicyclic) bond motifs is 1. The van der Waals surface area contributed by atoms with Crippen molar-refractivity contribution < 1.29 is 76.9 Å². The number of rotatable bonds is 23. The second-order valence-electron chi connectivity index (χ2n) is 14.1. The molecule has 0 spiro atoms. The molecular formula is C32H44N10O17P4. The third kappa shape index (κ3) is 18.1. The van der Waals surface area contributed by atoms with Crippen LogP contribution in [0.4, 0.5) is 17.3 Å². The molecule has 344 valence electrons. The lowest BCUT2D eigenvalue weighted by molar-refractivity contribution is -0.139. The van der Waals surface area contributed by atoms with Gasteiger partial charge in [0.2, 0.25) is 11.9 Å². The summed E-state index contributed by atoms with van der Waals surface area (Å²) in [4.78, 5) is 142. The first kappa shape index (κ1) is 50.8. The zero-order valence-electron chi connectivity index (χ0n) is 32.6. The van der Waals surface area contributed by atoms with Crippen LogP contribution in [-0.4, -0.2) is 136 Å². The van der Waals surface area contributed by atoms with E-state index in [0.29, 0.717) is 21.2 Å². The summed E-state index contributed by atoms with van der Waals surface area (Å²) in [6.07, 6.45) is -4.59. The van der Waals surface area contributed by atoms with Crippen molar-refractivity contribution >= 4 is 76.7 Å². The van der Waals surface area contributed by atoms with E-state index in [-0.39, 0.29) is 59.7 Å². The van der Waals surface area contributed by atoms with Crippen LogP contribution >= 0.6 is 30.4 Å². The number of nitrogens with one attached hydrogen (secondary N) is 4. The van der Waals surface area contributed by atoms with E-state index in [1.165, 1.54) is 42.6 Å². The van der Waals surface area contributed by atoms with Crippen molar-refractivity contribution in [3.8, 4) is 0 Å². The fraction of sp³-hybridized carbons (Fsp3) is 0.344. The number of aromatic nitrogens is 4. The normalized spacial score (nSPS) is 13.5. The molecule has 0 aliphatic rings. The van der Waals surface area contributed by atoms with Gasteiger partial charge in [0.15, 0.2) is 11.2 Å². The lowest BCUT2D eigenvalue weighted by Gasteiger charge is -2.36. The Kier molecular flexibility index (Phi) is 17.1. The Morgan fingerprint density at radius 3 is 1.87 bits per heavy atom. The molecule has 63 heavy (non-hydrogen) atoms. The van der Waals surface area contributed by atoms with Gasteiger partial charge >= 0.3 is 36.4 Å². The van der Waals surface area contributed by atoms with E-state index < -0.39 is 97.5 Å². The van der Waals surface area contributed by atoms with Gasteiger partial charge < -0.3 is 65.9 Å². The number of carbonyl (C=O) groups is 3. The molecule has 2 heterocycles. The van der Waals surface area contributed by atoms with Crippen LogP contribution in [0.3, 0.4) is 0 Å². The summed E-state index contributed by atoms with van der Waals surface area (Å²) in [5.41, 5.74) is 6.52. The lowest BCUT2D eigenvalue weighted by Crippen LogP contribution is -2.46. The van der Waals surface area contributed by atoms with Crippen molar-refractivity contribution in [1.29, 1.82) is 0 Å². The van der Waals surface area contributed by atoms with Gasteiger partial charge in [-0.15, -0.1) is 0 Å². The summed E-state index contributed by atoms with van der Waals surface area (Å²) in [5, 5.41) is 17.7. The molecule has 31 heteroatoms. The molecule has 1 unspecified atom stereocenters. The van der Waals surface area contributed by atoms with Crippen LogP contribution in [-0.2, 0) is 40.8 Å². The summed E-state index contributed by atoms with van der Waals surface area (Å²) >= 11 is 0. The Hall–Kier alpha value is -4.81. The number of carboxylic acid groups (broad SMARTS) is 1. The van der Waals surface area contributed by atoms with Gasteiger partial charge in [-0.05, 0) is 54.8 Å². The van der Waals surface area contributed by atoms with Crippen LogP contribution in [0, 0.1) is 0 Å². The first-order valence-corrected chi connectivity index (χ1v) is 25.2. The van der Waals surface area contributed by atoms with Crippen molar-refractivity contribution in [2.75, 3.05) is 48.1 Å². The van der Waals surface area contributed by atoms with Crippen molar-refractivity contribution in [2.45, 2.75) is 37.9 Å². The summed E-state index contributed by atoms with van der Waals surface area (Å²) in [6, 6.07) is 8.49. The van der Waals surface area contributed by atoms with Gasteiger partial charge in [-0.25, -0.2) is 14.8 Å². The van der Waals surface area contributed by atoms with Crippen LogP contribution < -0.4 is 27.2 Å². The van der Waals surface area contributed by atoms with Crippen molar-refractivity contribution in [1.82, 2.24) is 35.1 Å². The van der Waals surface area contributed by atoms with Crippen molar-refractivity contribution in [3.05, 3.63) is 81.9 Å². The number of aliphatic carboxylic acids is 1. The highest BCUT2D eigenvalue weighted by molar-refractivity contribution is 7.53. The number of carbonyl (C=O) groups excluding carboxylic acids is 2. The predicted octanol–water partition coefficient (Wildman–Crippen LogP) is -0.435. The molecule has 0 radical (unpaired) electrons. The van der Waals surface area contributed by atoms with Gasteiger partial charge in [0, 0.05) is 35.9 Å². The van der Waals surface area contributed by atoms with E-state index in [0.717, 1.165) is 0 Å². The molecule has 0 fully saturated rings. The van der Waals surface area contributed by atoms with E-state index in [9.17, 15) is 81.7 Å². The molecule has 4 aromatic rings. The standard InChI is InChI=1S/C32H44N10O17P4/c33-32-39-28-27(30(45)40-32)37-23(13-35-28)12-34-21-7-3-20(4-8-21)29(44)38-25(31(46)47)9-10-26(43)36-22-5-1-19(2-6-22)11-24(42(17-62(54,55)56)18-63(57,58)59)14-41(15-60(48,49)50)16-61(51,52)53/h1-8,13,24-25,34H,9-12,14-18H2,(H,36,43)(H,38,44)(H,46,47)(H2,48,49,50)(H2,51,52,53)(H2,54,55,56)(H2,57,58,59)(H3,33,35,39,40,45)/t24?,25-/m0/s1. The average Bonchev–Trinajstić information content (AvgIpc) is 3.13. The minimum atomic E-state index is -5.05. The average molecular weight is 965 g/mol. The number of nitrogen functional groups attached to an aromatic ring is 1. The van der Waals surface area contributed by atoms with Crippen molar-refractivity contribution in [3.63, 3.8) is 0 Å². The highest BCUT2D eigenvalue weighted by atomic mass is 31.2. The Morgan fingerprint density at radius 2 is 1.33 bits per heavy atom. The summed E-state index contributed by atoms with van der Waals surface area (Å²) in [7, 11) is -20.1. The monoisotopic (exact) mass is 964 g/mol. The SMILES string of the molecule is Nc1nc2ncc(CNc3ccc(C(=O)N[C@@H](CCC(=O)Nc4ccc(CC(CN(CP(=O)(O)O)CP(=O)(O)O)N(CP(=O)(O)O)CP(=O)(O)O)cc4)C(=O)O)cc3)nc2c(=O)[nH]1. The second-order valence-corrected chi connectivity index (χ2v) is 20.5. The third-order valence-corrected chi connectivity index (χ3v) is 11.6. The largest absolute Gasteiger partial charge is 0.480 e. The van der Waals surface area contributed by atoms with E-state index in [1.807, 2.05) is 0 Å². The van der Waals surface area contributed by atoms with Crippen LogP contribution in [0.2, 0.25) is 0 Å². The number of H-pyrrole nitrogens is 1. The highest BCUT2D eigenvalue weighted by Crippen LogP contribution is 2.44. The Morgan fingerprint density at radius 1 is 0.778 bits per heavy atom. The van der Waals surface area contributed by atoms with E-state index in [4.69, 9.17) is 5.73 Å². The van der Waals surface area contributed by atoms with E-state index >= 15 is 0 Å². The molecule has 2 atom stereocenters. The number of carboxylic acids is 1. The highest BCUT2D eigenvalue weighted by Gasteiger charge is 2.35. The van der Waals surface area contributed by atoms with E-state index in [2.05, 4.69) is 35.9 Å². The molecule has 0 aliphatic heterocycles. The number of anilines is 3. The first-order valence-electron chi connectivity index (χ1n) is 18.0. The van der Waals surface area contributed by atoms with E-state index in [1.54, 1.807) is 12.1 Å². The van der Waals surface area contributed by atoms with Gasteiger partial charge in [0.05, 0.1) is 18.4 Å². The number of benzene rings is 2. The number of hydrogen-bond acceptors (Lipinski definition) is 15. The zero-order chi connectivity index (χ0) is 46.9. The Labute approximate surface area is 355 Å². The molecule has 0 bridgehead atoms. The molecule has 2 aromatic carbocycles. The lowest BCUT2D eigenvalue weighted by atomic mass is 10.0. The maximum absolute atomic E-state index is 12.9. The van der Waals surface area contributed by atoms with Crippen LogP contribution in [0.25, 0.3) is 11.2 Å². The Balaban J connectivity index is 1.37. The topological polar surface area (TPSA) is 442 Å². The number of hydrogen-bond donors (Lipinski definition) is 14. The maximum atomic E-state index is 12.9. The zero-order valence-corrected chi connectivity index (χ0v) is 36.2. The fourth-order valence-corrected chi connectivity index (χ4v) is 9.42. The van der Waals surface area contributed by atoms with Gasteiger partial charge in [0.1, 0.15) is 31.2 Å². The van der Waals surface area contributed by atoms with Crippen LogP contribution in [0.1, 0.15) is 34.5 Å². The number of nitrogens with zero attached hydrogens (tertiary/aromatic N) is 5. The molecule has 2 aromatic heterocycles. The van der Waals surface area contributed by atoms with Gasteiger partial charge in [0.25, 0.3) is 11.5 Å². The number of aromatic amines is 1. The summed E-state index contributed by atoms with van der Waals surface area (Å²) in [6.45, 7) is -0.594. The predicted molar refractivity (Wildman–Crippen MR) is 223 cm³/mol. The van der Waals surface area contributed by atoms with Crippen LogP contribution in [0.5, 0.6) is 0 Å². The van der Waals surface area contributed by atoms with Crippen molar-refractivity contribution in [2.24, 2.45) is 0 Å². The number of nitrogens with two attached hydrogens (primary N) is 1. The quantitative estimate of drug-likeness (QED) is 0.0419. The van der Waals surface area contributed by atoms with Gasteiger partial charge in [-0.1, -0.05) is 12.1 Å². The molecule has 0 saturated carbocycles. The molecule has 0 saturated heterocycles. The van der Waals surface area contributed by atoms with Crippen LogP contribution in [0.15, 0.2) is 59.5 Å². The summed E-state index contributed by atoms with van der Waals surface area (Å²) in [5.74, 6) is -2.95. The summed E-state index contributed by atoms with van der Waals surface area (Å²) < 4.78 is 47.5. The molecule has 2 amide bonds. The second kappa shape index (κ2) is 21.2. The molecule has 27 nitrogen and oxygen atoms in total. The minimum absolute atomic E-state index is 0.00662. The molecule has 0 aliphatic carbocycles. The number of amides is 2. The fourth-order valence-electron chi connectivity index (χ4n) is 6.02. The maximum Gasteiger partial charge on any atom is 0.339 e. The molecule has 15 N–H and O–H groups in total. The van der Waals surface area contributed by atoms with Gasteiger partial charge in [-0.3, -0.25) is 47.4 Å². The molecule has 4 rings (SSSR count). The Bertz CT molecular complexity index is 2480. The molecular weight excluding hydrogens is 920 g/mol.